The number of amides is 1. The topological polar surface area (TPSA) is 46.3 Å². The van der Waals surface area contributed by atoms with Gasteiger partial charge in [-0.2, -0.15) is 0 Å². The van der Waals surface area contributed by atoms with E-state index in [9.17, 15) is 4.79 Å². The van der Waals surface area contributed by atoms with Crippen LogP contribution in [0.5, 0.6) is 0 Å². The Bertz CT molecular complexity index is 679. The number of carbonyl (C=O) groups excluding carboxylic acids is 1. The van der Waals surface area contributed by atoms with Crippen LogP contribution in [0.3, 0.4) is 0 Å². The average Bonchev–Trinajstić information content (AvgIpc) is 3.06. The van der Waals surface area contributed by atoms with Gasteiger partial charge in [0.15, 0.2) is 0 Å². The monoisotopic (exact) mass is 322 g/mol. The number of likely N-dealkylation sites (tertiary alicyclic amines) is 1. The fourth-order valence-corrected chi connectivity index (χ4v) is 3.55. The van der Waals surface area contributed by atoms with E-state index in [2.05, 4.69) is 50.2 Å². The predicted octanol–water partition coefficient (Wildman–Crippen LogP) is 3.62. The van der Waals surface area contributed by atoms with Gasteiger partial charge in [0.2, 0.25) is 0 Å². The SMILES string of the molecule is CC(C)c1ccc(C(=O)N2C[C@@H](CN)[C@H](c3ccccc3)C2)cc1. The van der Waals surface area contributed by atoms with Gasteiger partial charge < -0.3 is 10.6 Å². The van der Waals surface area contributed by atoms with Gasteiger partial charge in [0.25, 0.3) is 5.91 Å². The van der Waals surface area contributed by atoms with E-state index >= 15 is 0 Å². The highest BCUT2D eigenvalue weighted by Gasteiger charge is 2.35. The molecular formula is C21H26N2O. The summed E-state index contributed by atoms with van der Waals surface area (Å²) in [5.74, 6) is 1.24. The summed E-state index contributed by atoms with van der Waals surface area (Å²) in [6.07, 6.45) is 0. The van der Waals surface area contributed by atoms with Gasteiger partial charge in [0.05, 0.1) is 0 Å². The Hall–Kier alpha value is -2.13. The molecule has 0 aromatic heterocycles. The van der Waals surface area contributed by atoms with Crippen molar-refractivity contribution in [3.63, 3.8) is 0 Å². The number of carbonyl (C=O) groups is 1. The molecule has 0 saturated carbocycles. The van der Waals surface area contributed by atoms with E-state index in [1.165, 1.54) is 11.1 Å². The van der Waals surface area contributed by atoms with E-state index in [0.29, 0.717) is 24.3 Å². The maximum absolute atomic E-state index is 12.9. The minimum Gasteiger partial charge on any atom is -0.338 e. The quantitative estimate of drug-likeness (QED) is 0.934. The molecular weight excluding hydrogens is 296 g/mol. The second-order valence-electron chi connectivity index (χ2n) is 7.00. The average molecular weight is 322 g/mol. The molecule has 1 saturated heterocycles. The highest BCUT2D eigenvalue weighted by molar-refractivity contribution is 5.94. The van der Waals surface area contributed by atoms with Crippen LogP contribution in [-0.4, -0.2) is 30.4 Å². The predicted molar refractivity (Wildman–Crippen MR) is 98.2 cm³/mol. The lowest BCUT2D eigenvalue weighted by atomic mass is 9.89. The van der Waals surface area contributed by atoms with Crippen LogP contribution in [0.1, 0.15) is 47.2 Å². The summed E-state index contributed by atoms with van der Waals surface area (Å²) in [4.78, 5) is 14.8. The summed E-state index contributed by atoms with van der Waals surface area (Å²) in [7, 11) is 0. The summed E-state index contributed by atoms with van der Waals surface area (Å²) < 4.78 is 0. The standard InChI is InChI=1S/C21H26N2O/c1-15(2)16-8-10-18(11-9-16)21(24)23-13-19(12-22)20(14-23)17-6-4-3-5-7-17/h3-11,15,19-20H,12-14,22H2,1-2H3/t19-,20+/m1/s1. The summed E-state index contributed by atoms with van der Waals surface area (Å²) >= 11 is 0. The second kappa shape index (κ2) is 7.18. The van der Waals surface area contributed by atoms with E-state index in [4.69, 9.17) is 5.73 Å². The Labute approximate surface area is 144 Å². The highest BCUT2D eigenvalue weighted by Crippen LogP contribution is 2.32. The lowest BCUT2D eigenvalue weighted by Gasteiger charge is -2.17. The van der Waals surface area contributed by atoms with Crippen LogP contribution < -0.4 is 5.73 Å². The molecule has 1 aliphatic rings. The molecule has 1 aliphatic heterocycles. The van der Waals surface area contributed by atoms with Crippen molar-refractivity contribution in [3.05, 3.63) is 71.3 Å². The molecule has 0 unspecified atom stereocenters. The van der Waals surface area contributed by atoms with Gasteiger partial charge in [-0.05, 0) is 41.6 Å². The van der Waals surface area contributed by atoms with E-state index in [1.807, 2.05) is 23.1 Å². The first-order valence-corrected chi connectivity index (χ1v) is 8.74. The van der Waals surface area contributed by atoms with Crippen LogP contribution >= 0.6 is 0 Å². The number of rotatable bonds is 4. The second-order valence-corrected chi connectivity index (χ2v) is 7.00. The van der Waals surface area contributed by atoms with E-state index in [1.54, 1.807) is 0 Å². The fourth-order valence-electron chi connectivity index (χ4n) is 3.55. The maximum Gasteiger partial charge on any atom is 0.253 e. The molecule has 3 nitrogen and oxygen atoms in total. The highest BCUT2D eigenvalue weighted by atomic mass is 16.2. The Balaban J connectivity index is 1.76. The third kappa shape index (κ3) is 3.36. The van der Waals surface area contributed by atoms with Crippen molar-refractivity contribution in [2.75, 3.05) is 19.6 Å². The van der Waals surface area contributed by atoms with Gasteiger partial charge in [-0.1, -0.05) is 56.3 Å². The molecule has 0 spiro atoms. The fraction of sp³-hybridized carbons (Fsp3) is 0.381. The van der Waals surface area contributed by atoms with Crippen molar-refractivity contribution in [2.24, 2.45) is 11.7 Å². The van der Waals surface area contributed by atoms with E-state index in [-0.39, 0.29) is 5.91 Å². The molecule has 1 amide bonds. The van der Waals surface area contributed by atoms with Crippen LogP contribution in [0.4, 0.5) is 0 Å². The zero-order valence-corrected chi connectivity index (χ0v) is 14.5. The van der Waals surface area contributed by atoms with E-state index < -0.39 is 0 Å². The van der Waals surface area contributed by atoms with Gasteiger partial charge in [-0.25, -0.2) is 0 Å². The van der Waals surface area contributed by atoms with Gasteiger partial charge in [-0.15, -0.1) is 0 Å². The van der Waals surface area contributed by atoms with Crippen LogP contribution in [-0.2, 0) is 0 Å². The first-order valence-electron chi connectivity index (χ1n) is 8.74. The number of hydrogen-bond acceptors (Lipinski definition) is 2. The molecule has 2 aromatic rings. The van der Waals surface area contributed by atoms with Crippen LogP contribution in [0, 0.1) is 5.92 Å². The molecule has 24 heavy (non-hydrogen) atoms. The Kier molecular flexibility index (Phi) is 5.00. The van der Waals surface area contributed by atoms with Crippen molar-refractivity contribution >= 4 is 5.91 Å². The van der Waals surface area contributed by atoms with Crippen LogP contribution in [0.25, 0.3) is 0 Å². The first-order chi connectivity index (χ1) is 11.6. The number of nitrogens with zero attached hydrogens (tertiary/aromatic N) is 1. The molecule has 0 bridgehead atoms. The Morgan fingerprint density at radius 1 is 1.08 bits per heavy atom. The molecule has 3 heteroatoms. The summed E-state index contributed by atoms with van der Waals surface area (Å²) in [5, 5.41) is 0. The summed E-state index contributed by atoms with van der Waals surface area (Å²) in [5.41, 5.74) is 9.28. The summed E-state index contributed by atoms with van der Waals surface area (Å²) in [6.45, 7) is 6.41. The van der Waals surface area contributed by atoms with Gasteiger partial charge in [0.1, 0.15) is 0 Å². The van der Waals surface area contributed by atoms with Crippen molar-refractivity contribution in [3.8, 4) is 0 Å². The lowest BCUT2D eigenvalue weighted by Crippen LogP contribution is -2.29. The van der Waals surface area contributed by atoms with Crippen molar-refractivity contribution in [1.82, 2.24) is 4.90 Å². The minimum atomic E-state index is 0.113. The first kappa shape index (κ1) is 16.7. The molecule has 1 fully saturated rings. The normalized spacial score (nSPS) is 20.6. The molecule has 0 aliphatic carbocycles. The largest absolute Gasteiger partial charge is 0.338 e. The zero-order valence-electron chi connectivity index (χ0n) is 14.5. The molecule has 3 rings (SSSR count). The third-order valence-electron chi connectivity index (χ3n) is 5.08. The molecule has 126 valence electrons. The smallest absolute Gasteiger partial charge is 0.253 e. The van der Waals surface area contributed by atoms with Crippen LogP contribution in [0.2, 0.25) is 0 Å². The number of nitrogens with two attached hydrogens (primary N) is 1. The van der Waals surface area contributed by atoms with Crippen molar-refractivity contribution < 1.29 is 4.79 Å². The molecule has 2 aromatic carbocycles. The molecule has 1 heterocycles. The van der Waals surface area contributed by atoms with E-state index in [0.717, 1.165) is 18.7 Å². The Morgan fingerprint density at radius 3 is 2.33 bits per heavy atom. The summed E-state index contributed by atoms with van der Waals surface area (Å²) in [6, 6.07) is 18.4. The van der Waals surface area contributed by atoms with Crippen LogP contribution in [0.15, 0.2) is 54.6 Å². The Morgan fingerprint density at radius 2 is 1.75 bits per heavy atom. The zero-order chi connectivity index (χ0) is 17.1. The molecule has 2 atom stereocenters. The minimum absolute atomic E-state index is 0.113. The molecule has 0 radical (unpaired) electrons. The maximum atomic E-state index is 12.9. The van der Waals surface area contributed by atoms with Crippen molar-refractivity contribution in [2.45, 2.75) is 25.7 Å². The molecule has 2 N–H and O–H groups in total. The van der Waals surface area contributed by atoms with Gasteiger partial charge >= 0.3 is 0 Å². The third-order valence-corrected chi connectivity index (χ3v) is 5.08. The number of benzene rings is 2. The van der Waals surface area contributed by atoms with Crippen molar-refractivity contribution in [1.29, 1.82) is 0 Å². The van der Waals surface area contributed by atoms with Gasteiger partial charge in [0, 0.05) is 24.6 Å². The lowest BCUT2D eigenvalue weighted by molar-refractivity contribution is 0.0786. The number of hydrogen-bond donors (Lipinski definition) is 1. The van der Waals surface area contributed by atoms with Gasteiger partial charge in [-0.3, -0.25) is 4.79 Å².